The first kappa shape index (κ1) is 17.6. The number of aromatic nitrogens is 1. The topological polar surface area (TPSA) is 75.0 Å². The lowest BCUT2D eigenvalue weighted by molar-refractivity contribution is 0.0696. The second-order valence-electron chi connectivity index (χ2n) is 6.35. The number of morpholine rings is 1. The van der Waals surface area contributed by atoms with E-state index in [1.807, 2.05) is 48.2 Å². The van der Waals surface area contributed by atoms with E-state index in [2.05, 4.69) is 4.99 Å². The molecule has 0 amide bonds. The molecule has 4 rings (SSSR count). The molecule has 0 atom stereocenters. The van der Waals surface area contributed by atoms with E-state index in [0.717, 1.165) is 35.3 Å². The van der Waals surface area contributed by atoms with E-state index < -0.39 is 5.97 Å². The van der Waals surface area contributed by atoms with Crippen LogP contribution in [0, 0.1) is 6.92 Å². The van der Waals surface area contributed by atoms with Crippen molar-refractivity contribution in [2.75, 3.05) is 26.3 Å². The highest BCUT2D eigenvalue weighted by atomic mass is 32.1. The second kappa shape index (κ2) is 7.46. The number of benzene rings is 1. The maximum Gasteiger partial charge on any atom is 0.348 e. The summed E-state index contributed by atoms with van der Waals surface area (Å²) in [7, 11) is 0. The highest BCUT2D eigenvalue weighted by Crippen LogP contribution is 2.40. The molecule has 0 radical (unpaired) electrons. The van der Waals surface area contributed by atoms with Crippen molar-refractivity contribution < 1.29 is 14.6 Å². The standard InChI is InChI=1S/C20H19N3O3S/c1-13-11-15(14-5-3-2-4-6-14)22-19-16(13)17(18(27-19)20(24)25)21-12-23-7-9-26-10-8-23/h2-6,11-12H,7-10H2,1H3,(H,24,25). The Morgan fingerprint density at radius 3 is 2.74 bits per heavy atom. The van der Waals surface area contributed by atoms with Crippen LogP contribution in [0.4, 0.5) is 5.69 Å². The lowest BCUT2D eigenvalue weighted by Gasteiger charge is -2.24. The van der Waals surface area contributed by atoms with Crippen molar-refractivity contribution in [3.63, 3.8) is 0 Å². The van der Waals surface area contributed by atoms with Crippen LogP contribution in [0.2, 0.25) is 0 Å². The van der Waals surface area contributed by atoms with E-state index in [9.17, 15) is 9.90 Å². The van der Waals surface area contributed by atoms with Crippen molar-refractivity contribution in [2.45, 2.75) is 6.92 Å². The minimum atomic E-state index is -0.979. The fourth-order valence-electron chi connectivity index (χ4n) is 3.12. The van der Waals surface area contributed by atoms with Crippen LogP contribution in [0.25, 0.3) is 21.5 Å². The summed E-state index contributed by atoms with van der Waals surface area (Å²) in [6, 6.07) is 11.9. The Morgan fingerprint density at radius 2 is 2.04 bits per heavy atom. The van der Waals surface area contributed by atoms with Gasteiger partial charge in [0.15, 0.2) is 0 Å². The van der Waals surface area contributed by atoms with Crippen molar-refractivity contribution in [1.82, 2.24) is 9.88 Å². The number of ether oxygens (including phenoxy) is 1. The molecule has 0 spiro atoms. The number of hydrogen-bond acceptors (Lipinski definition) is 5. The van der Waals surface area contributed by atoms with Gasteiger partial charge in [0, 0.05) is 24.0 Å². The van der Waals surface area contributed by atoms with Gasteiger partial charge in [-0.1, -0.05) is 30.3 Å². The minimum absolute atomic E-state index is 0.218. The van der Waals surface area contributed by atoms with E-state index >= 15 is 0 Å². The maximum absolute atomic E-state index is 11.8. The Bertz CT molecular complexity index is 1010. The Kier molecular flexibility index (Phi) is 4.87. The van der Waals surface area contributed by atoms with Gasteiger partial charge in [-0.2, -0.15) is 0 Å². The monoisotopic (exact) mass is 381 g/mol. The number of rotatable bonds is 4. The van der Waals surface area contributed by atoms with Crippen molar-refractivity contribution >= 4 is 39.5 Å². The number of thiophene rings is 1. The summed E-state index contributed by atoms with van der Waals surface area (Å²) in [5.74, 6) is -0.979. The number of nitrogens with zero attached hydrogens (tertiary/aromatic N) is 3. The fourth-order valence-corrected chi connectivity index (χ4v) is 4.16. The first-order chi connectivity index (χ1) is 13.1. The molecule has 3 heterocycles. The summed E-state index contributed by atoms with van der Waals surface area (Å²) in [4.78, 5) is 24.0. The van der Waals surface area contributed by atoms with Crippen LogP contribution in [0.1, 0.15) is 15.2 Å². The Labute approximate surface area is 160 Å². The quantitative estimate of drug-likeness (QED) is 0.547. The van der Waals surface area contributed by atoms with Gasteiger partial charge in [0.05, 0.1) is 30.9 Å². The van der Waals surface area contributed by atoms with Crippen LogP contribution in [0.5, 0.6) is 0 Å². The molecule has 2 aromatic heterocycles. The zero-order valence-corrected chi connectivity index (χ0v) is 15.7. The molecule has 1 aromatic carbocycles. The molecule has 0 bridgehead atoms. The number of aliphatic imine (C=N–C) groups is 1. The van der Waals surface area contributed by atoms with Gasteiger partial charge in [-0.25, -0.2) is 14.8 Å². The molecule has 138 valence electrons. The summed E-state index contributed by atoms with van der Waals surface area (Å²) < 4.78 is 5.34. The van der Waals surface area contributed by atoms with Crippen molar-refractivity contribution in [2.24, 2.45) is 4.99 Å². The van der Waals surface area contributed by atoms with Gasteiger partial charge >= 0.3 is 5.97 Å². The number of fused-ring (bicyclic) bond motifs is 1. The normalized spacial score (nSPS) is 14.9. The molecule has 1 aliphatic rings. The largest absolute Gasteiger partial charge is 0.477 e. The van der Waals surface area contributed by atoms with Gasteiger partial charge in [0.2, 0.25) is 0 Å². The summed E-state index contributed by atoms with van der Waals surface area (Å²) in [5, 5.41) is 10.5. The lowest BCUT2D eigenvalue weighted by atomic mass is 10.1. The number of hydrogen-bond donors (Lipinski definition) is 1. The Hall–Kier alpha value is -2.77. The molecule has 6 nitrogen and oxygen atoms in total. The average Bonchev–Trinajstić information content (AvgIpc) is 3.07. The molecule has 1 N–H and O–H groups in total. The van der Waals surface area contributed by atoms with E-state index in [1.54, 1.807) is 6.34 Å². The van der Waals surface area contributed by atoms with E-state index in [4.69, 9.17) is 9.72 Å². The van der Waals surface area contributed by atoms with Crippen molar-refractivity contribution in [3.8, 4) is 11.3 Å². The molecule has 0 unspecified atom stereocenters. The van der Waals surface area contributed by atoms with Crippen LogP contribution >= 0.6 is 11.3 Å². The number of carboxylic acids is 1. The van der Waals surface area contributed by atoms with Gasteiger partial charge in [-0.05, 0) is 18.6 Å². The van der Waals surface area contributed by atoms with Crippen LogP contribution in [-0.2, 0) is 4.74 Å². The Morgan fingerprint density at radius 1 is 1.30 bits per heavy atom. The fraction of sp³-hybridized carbons (Fsp3) is 0.250. The van der Waals surface area contributed by atoms with Gasteiger partial charge in [0.25, 0.3) is 0 Å². The predicted molar refractivity (Wildman–Crippen MR) is 107 cm³/mol. The highest BCUT2D eigenvalue weighted by molar-refractivity contribution is 7.21. The molecule has 7 heteroatoms. The van der Waals surface area contributed by atoms with Crippen LogP contribution < -0.4 is 0 Å². The highest BCUT2D eigenvalue weighted by Gasteiger charge is 2.21. The zero-order valence-electron chi connectivity index (χ0n) is 14.9. The van der Waals surface area contributed by atoms with Crippen LogP contribution in [-0.4, -0.2) is 53.6 Å². The average molecular weight is 381 g/mol. The SMILES string of the molecule is Cc1cc(-c2ccccc2)nc2sc(C(=O)O)c(N=CN3CCOCC3)c12. The number of aryl methyl sites for hydroxylation is 1. The molecular weight excluding hydrogens is 362 g/mol. The molecule has 27 heavy (non-hydrogen) atoms. The molecule has 1 aliphatic heterocycles. The van der Waals surface area contributed by atoms with E-state index in [0.29, 0.717) is 23.7 Å². The van der Waals surface area contributed by atoms with Gasteiger partial charge < -0.3 is 14.7 Å². The summed E-state index contributed by atoms with van der Waals surface area (Å²) in [6.45, 7) is 4.79. The minimum Gasteiger partial charge on any atom is -0.477 e. The van der Waals surface area contributed by atoms with Gasteiger partial charge in [-0.15, -0.1) is 11.3 Å². The summed E-state index contributed by atoms with van der Waals surface area (Å²) in [6.07, 6.45) is 1.72. The first-order valence-corrected chi connectivity index (χ1v) is 9.54. The van der Waals surface area contributed by atoms with E-state index in [-0.39, 0.29) is 4.88 Å². The van der Waals surface area contributed by atoms with Gasteiger partial charge in [0.1, 0.15) is 9.71 Å². The molecule has 0 saturated carbocycles. The smallest absolute Gasteiger partial charge is 0.348 e. The lowest BCUT2D eigenvalue weighted by Crippen LogP contribution is -2.35. The number of aromatic carboxylic acids is 1. The zero-order chi connectivity index (χ0) is 18.8. The third-order valence-corrected chi connectivity index (χ3v) is 5.55. The third-order valence-electron chi connectivity index (χ3n) is 4.49. The van der Waals surface area contributed by atoms with Crippen molar-refractivity contribution in [3.05, 3.63) is 46.8 Å². The molecular formula is C20H19N3O3S. The second-order valence-corrected chi connectivity index (χ2v) is 7.35. The number of carboxylic acid groups (broad SMARTS) is 1. The van der Waals surface area contributed by atoms with Gasteiger partial charge in [-0.3, -0.25) is 0 Å². The number of pyridine rings is 1. The summed E-state index contributed by atoms with van der Waals surface area (Å²) in [5.41, 5.74) is 3.30. The first-order valence-electron chi connectivity index (χ1n) is 8.72. The van der Waals surface area contributed by atoms with E-state index in [1.165, 1.54) is 11.3 Å². The molecule has 1 saturated heterocycles. The van der Waals surface area contributed by atoms with Crippen LogP contribution in [0.15, 0.2) is 41.4 Å². The molecule has 3 aromatic rings. The third kappa shape index (κ3) is 3.56. The summed E-state index contributed by atoms with van der Waals surface area (Å²) >= 11 is 1.17. The Balaban J connectivity index is 1.81. The van der Waals surface area contributed by atoms with Crippen LogP contribution in [0.3, 0.4) is 0 Å². The number of carbonyl (C=O) groups is 1. The molecule has 0 aliphatic carbocycles. The predicted octanol–water partition coefficient (Wildman–Crippen LogP) is 3.96. The van der Waals surface area contributed by atoms with Crippen molar-refractivity contribution in [1.29, 1.82) is 0 Å². The maximum atomic E-state index is 11.8. The molecule has 1 fully saturated rings.